The number of nitrogens with one attached hydrogen (secondary N) is 1. The van der Waals surface area contributed by atoms with Crippen molar-refractivity contribution in [3.63, 3.8) is 0 Å². The van der Waals surface area contributed by atoms with E-state index in [1.165, 1.54) is 5.56 Å². The van der Waals surface area contributed by atoms with Gasteiger partial charge in [-0.15, -0.1) is 12.4 Å². The van der Waals surface area contributed by atoms with E-state index in [1.54, 1.807) is 6.07 Å². The quantitative estimate of drug-likeness (QED) is 0.703. The van der Waals surface area contributed by atoms with Crippen LogP contribution in [0.2, 0.25) is 0 Å². The summed E-state index contributed by atoms with van der Waals surface area (Å²) in [6.07, 6.45) is 0. The van der Waals surface area contributed by atoms with Gasteiger partial charge in [-0.05, 0) is 37.1 Å². The second-order valence-corrected chi connectivity index (χ2v) is 5.86. The molecular formula is C18H21BrClNO2. The molecule has 0 aliphatic rings. The SMILES string of the molecule is CCOC(=O)c1ccccc1CNC(C)c1ccccc1Br.Cl. The molecule has 23 heavy (non-hydrogen) atoms. The van der Waals surface area contributed by atoms with Crippen LogP contribution in [0.3, 0.4) is 0 Å². The third-order valence-electron chi connectivity index (χ3n) is 3.48. The predicted octanol–water partition coefficient (Wildman–Crippen LogP) is 4.90. The molecule has 0 spiro atoms. The average Bonchev–Trinajstić information content (AvgIpc) is 2.53. The van der Waals surface area contributed by atoms with Gasteiger partial charge in [0, 0.05) is 17.1 Å². The number of carbonyl (C=O) groups is 1. The fourth-order valence-electron chi connectivity index (χ4n) is 2.28. The number of hydrogen-bond donors (Lipinski definition) is 1. The van der Waals surface area contributed by atoms with Crippen molar-refractivity contribution >= 4 is 34.3 Å². The highest BCUT2D eigenvalue weighted by atomic mass is 79.9. The molecule has 0 heterocycles. The highest BCUT2D eigenvalue weighted by Crippen LogP contribution is 2.23. The Morgan fingerprint density at radius 1 is 1.17 bits per heavy atom. The fourth-order valence-corrected chi connectivity index (χ4v) is 2.91. The minimum atomic E-state index is -0.270. The number of carbonyl (C=O) groups excluding carboxylic acids is 1. The van der Waals surface area contributed by atoms with Gasteiger partial charge in [0.2, 0.25) is 0 Å². The molecule has 0 amide bonds. The zero-order chi connectivity index (χ0) is 15.9. The van der Waals surface area contributed by atoms with E-state index >= 15 is 0 Å². The summed E-state index contributed by atoms with van der Waals surface area (Å²) in [5.41, 5.74) is 2.76. The number of benzene rings is 2. The van der Waals surface area contributed by atoms with Crippen LogP contribution in [0.5, 0.6) is 0 Å². The minimum Gasteiger partial charge on any atom is -0.462 e. The number of ether oxygens (including phenoxy) is 1. The summed E-state index contributed by atoms with van der Waals surface area (Å²) in [5, 5.41) is 3.46. The molecule has 0 saturated carbocycles. The first-order chi connectivity index (χ1) is 10.6. The van der Waals surface area contributed by atoms with Gasteiger partial charge in [-0.3, -0.25) is 0 Å². The van der Waals surface area contributed by atoms with E-state index in [-0.39, 0.29) is 24.4 Å². The Bertz CT molecular complexity index is 648. The molecule has 0 aromatic heterocycles. The van der Waals surface area contributed by atoms with Gasteiger partial charge in [0.25, 0.3) is 0 Å². The molecule has 0 bridgehead atoms. The molecule has 2 aromatic rings. The Balaban J connectivity index is 0.00000264. The first-order valence-electron chi connectivity index (χ1n) is 7.36. The average molecular weight is 399 g/mol. The summed E-state index contributed by atoms with van der Waals surface area (Å²) in [6, 6.07) is 15.8. The van der Waals surface area contributed by atoms with E-state index in [4.69, 9.17) is 4.74 Å². The van der Waals surface area contributed by atoms with Crippen LogP contribution in [-0.2, 0) is 11.3 Å². The zero-order valence-corrected chi connectivity index (χ0v) is 15.6. The van der Waals surface area contributed by atoms with Crippen molar-refractivity contribution in [2.75, 3.05) is 6.61 Å². The standard InChI is InChI=1S/C18H20BrNO2.ClH/c1-3-22-18(21)16-10-5-4-8-14(16)12-20-13(2)15-9-6-7-11-17(15)19;/h4-11,13,20H,3,12H2,1-2H3;1H. The molecule has 0 aliphatic carbocycles. The van der Waals surface area contributed by atoms with Crippen LogP contribution < -0.4 is 5.32 Å². The van der Waals surface area contributed by atoms with Crippen LogP contribution in [0.25, 0.3) is 0 Å². The molecule has 124 valence electrons. The lowest BCUT2D eigenvalue weighted by molar-refractivity contribution is 0.0525. The maximum absolute atomic E-state index is 12.0. The first kappa shape index (κ1) is 19.7. The minimum absolute atomic E-state index is 0. The normalized spacial score (nSPS) is 11.4. The number of rotatable bonds is 6. The highest BCUT2D eigenvalue weighted by molar-refractivity contribution is 9.10. The third-order valence-corrected chi connectivity index (χ3v) is 4.21. The van der Waals surface area contributed by atoms with E-state index in [1.807, 2.05) is 43.3 Å². The second kappa shape index (κ2) is 9.71. The molecule has 2 rings (SSSR count). The number of hydrogen-bond acceptors (Lipinski definition) is 3. The van der Waals surface area contributed by atoms with Gasteiger partial charge in [-0.25, -0.2) is 4.79 Å². The van der Waals surface area contributed by atoms with Gasteiger partial charge in [0.1, 0.15) is 0 Å². The van der Waals surface area contributed by atoms with E-state index in [9.17, 15) is 4.79 Å². The van der Waals surface area contributed by atoms with Crippen LogP contribution in [0, 0.1) is 0 Å². The molecule has 0 aliphatic heterocycles. The lowest BCUT2D eigenvalue weighted by Gasteiger charge is -2.17. The van der Waals surface area contributed by atoms with Crippen LogP contribution in [-0.4, -0.2) is 12.6 Å². The Hall–Kier alpha value is -1.36. The molecule has 1 unspecified atom stereocenters. The number of halogens is 2. The maximum atomic E-state index is 12.0. The van der Waals surface area contributed by atoms with E-state index < -0.39 is 0 Å². The molecule has 1 atom stereocenters. The first-order valence-corrected chi connectivity index (χ1v) is 8.15. The zero-order valence-electron chi connectivity index (χ0n) is 13.2. The van der Waals surface area contributed by atoms with Crippen LogP contribution in [0.4, 0.5) is 0 Å². The van der Waals surface area contributed by atoms with Gasteiger partial charge in [-0.1, -0.05) is 52.3 Å². The topological polar surface area (TPSA) is 38.3 Å². The summed E-state index contributed by atoms with van der Waals surface area (Å²) < 4.78 is 6.18. The van der Waals surface area contributed by atoms with Crippen molar-refractivity contribution in [2.24, 2.45) is 0 Å². The van der Waals surface area contributed by atoms with Gasteiger partial charge in [-0.2, -0.15) is 0 Å². The second-order valence-electron chi connectivity index (χ2n) is 5.00. The molecule has 0 radical (unpaired) electrons. The fraction of sp³-hybridized carbons (Fsp3) is 0.278. The molecule has 0 fully saturated rings. The predicted molar refractivity (Wildman–Crippen MR) is 99.0 cm³/mol. The Kier molecular flexibility index (Phi) is 8.31. The lowest BCUT2D eigenvalue weighted by atomic mass is 10.1. The van der Waals surface area contributed by atoms with E-state index in [0.717, 1.165) is 10.0 Å². The summed E-state index contributed by atoms with van der Waals surface area (Å²) in [4.78, 5) is 12.0. The number of esters is 1. The smallest absolute Gasteiger partial charge is 0.338 e. The van der Waals surface area contributed by atoms with Crippen molar-refractivity contribution < 1.29 is 9.53 Å². The third kappa shape index (κ3) is 5.34. The maximum Gasteiger partial charge on any atom is 0.338 e. The van der Waals surface area contributed by atoms with Crippen molar-refractivity contribution in [3.05, 3.63) is 69.7 Å². The largest absolute Gasteiger partial charge is 0.462 e. The monoisotopic (exact) mass is 397 g/mol. The summed E-state index contributed by atoms with van der Waals surface area (Å²) in [7, 11) is 0. The Morgan fingerprint density at radius 2 is 1.83 bits per heavy atom. The summed E-state index contributed by atoms with van der Waals surface area (Å²) >= 11 is 3.57. The van der Waals surface area contributed by atoms with Crippen molar-refractivity contribution in [1.82, 2.24) is 5.32 Å². The van der Waals surface area contributed by atoms with Gasteiger partial charge < -0.3 is 10.1 Å². The molecule has 3 nitrogen and oxygen atoms in total. The van der Waals surface area contributed by atoms with Crippen molar-refractivity contribution in [3.8, 4) is 0 Å². The summed E-state index contributed by atoms with van der Waals surface area (Å²) in [5.74, 6) is -0.270. The Morgan fingerprint density at radius 3 is 2.52 bits per heavy atom. The molecule has 2 aromatic carbocycles. The lowest BCUT2D eigenvalue weighted by Crippen LogP contribution is -2.20. The van der Waals surface area contributed by atoms with Gasteiger partial charge in [0.05, 0.1) is 12.2 Å². The van der Waals surface area contributed by atoms with Crippen LogP contribution >= 0.6 is 28.3 Å². The van der Waals surface area contributed by atoms with Gasteiger partial charge in [0.15, 0.2) is 0 Å². The van der Waals surface area contributed by atoms with Gasteiger partial charge >= 0.3 is 5.97 Å². The van der Waals surface area contributed by atoms with E-state index in [0.29, 0.717) is 18.7 Å². The van der Waals surface area contributed by atoms with E-state index in [2.05, 4.69) is 34.2 Å². The molecule has 0 saturated heterocycles. The highest BCUT2D eigenvalue weighted by Gasteiger charge is 2.13. The molecule has 1 N–H and O–H groups in total. The molecular weight excluding hydrogens is 378 g/mol. The van der Waals surface area contributed by atoms with Crippen LogP contribution in [0.15, 0.2) is 53.0 Å². The summed E-state index contributed by atoms with van der Waals surface area (Å²) in [6.45, 7) is 4.91. The van der Waals surface area contributed by atoms with Crippen LogP contribution in [0.1, 0.15) is 41.4 Å². The Labute approximate surface area is 152 Å². The van der Waals surface area contributed by atoms with Crippen molar-refractivity contribution in [2.45, 2.75) is 26.4 Å². The molecule has 5 heteroatoms. The van der Waals surface area contributed by atoms with Crippen molar-refractivity contribution in [1.29, 1.82) is 0 Å².